The summed E-state index contributed by atoms with van der Waals surface area (Å²) >= 11 is 0. The molecule has 0 aromatic rings. The van der Waals surface area contributed by atoms with Gasteiger partial charge in [0.05, 0.1) is 0 Å². The summed E-state index contributed by atoms with van der Waals surface area (Å²) in [6.07, 6.45) is 3.37. The molecule has 0 atom stereocenters. The van der Waals surface area contributed by atoms with Crippen molar-refractivity contribution in [3.8, 4) is 0 Å². The molecule has 0 saturated carbocycles. The van der Waals surface area contributed by atoms with Gasteiger partial charge in [0.1, 0.15) is 12.6 Å². The topological polar surface area (TPSA) is 103 Å². The van der Waals surface area contributed by atoms with E-state index < -0.39 is 6.03 Å². The van der Waals surface area contributed by atoms with E-state index >= 15 is 0 Å². The molecular formula is C6H12N2O3. The molecular weight excluding hydrogens is 148 g/mol. The van der Waals surface area contributed by atoms with Gasteiger partial charge in [0.2, 0.25) is 0 Å². The fraction of sp³-hybridized carbons (Fsp3) is 0.500. The molecule has 11 heavy (non-hydrogen) atoms. The summed E-state index contributed by atoms with van der Waals surface area (Å²) in [6, 6.07) is -0.833. The predicted octanol–water partition coefficient (Wildman–Crippen LogP) is -0.422. The van der Waals surface area contributed by atoms with Crippen LogP contribution in [0.2, 0.25) is 0 Å². The number of rotatable bonds is 4. The Labute approximate surface area is 64.7 Å². The normalized spacial score (nSPS) is 7.27. The number of urea groups is 1. The summed E-state index contributed by atoms with van der Waals surface area (Å²) in [4.78, 5) is 28.1. The second-order valence-electron chi connectivity index (χ2n) is 1.67. The lowest BCUT2D eigenvalue weighted by Crippen LogP contribution is -2.18. The van der Waals surface area contributed by atoms with Crippen LogP contribution in [0.15, 0.2) is 0 Å². The first-order valence-corrected chi connectivity index (χ1v) is 3.07. The number of hydrogen-bond donors (Lipinski definition) is 2. The molecule has 5 nitrogen and oxygen atoms in total. The fourth-order valence-corrected chi connectivity index (χ4v) is 0.285. The Morgan fingerprint density at radius 3 is 1.55 bits per heavy atom. The number of carbonyl (C=O) groups is 3. The maximum absolute atomic E-state index is 9.56. The number of carbonyl (C=O) groups excluding carboxylic acids is 3. The van der Waals surface area contributed by atoms with E-state index in [1.165, 1.54) is 0 Å². The Kier molecular flexibility index (Phi) is 12.8. The minimum absolute atomic E-state index is 0.513. The average molecular weight is 160 g/mol. The number of nitrogens with two attached hydrogens (primary N) is 2. The van der Waals surface area contributed by atoms with Crippen LogP contribution in [0.5, 0.6) is 0 Å². The molecule has 0 heterocycles. The van der Waals surface area contributed by atoms with Crippen molar-refractivity contribution < 1.29 is 14.4 Å². The van der Waals surface area contributed by atoms with Crippen LogP contribution in [0.25, 0.3) is 0 Å². The lowest BCUT2D eigenvalue weighted by Gasteiger charge is -1.78. The molecule has 0 unspecified atom stereocenters. The average Bonchev–Trinajstić information content (AvgIpc) is 1.88. The van der Waals surface area contributed by atoms with Gasteiger partial charge in [0, 0.05) is 12.8 Å². The van der Waals surface area contributed by atoms with Crippen LogP contribution in [0.1, 0.15) is 19.3 Å². The SMILES string of the molecule is NC(N)=O.O=CCCCC=O. The van der Waals surface area contributed by atoms with Gasteiger partial charge in [-0.2, -0.15) is 0 Å². The molecule has 0 aromatic carbocycles. The maximum Gasteiger partial charge on any atom is 0.309 e. The smallest absolute Gasteiger partial charge is 0.309 e. The number of primary amides is 2. The Hall–Kier alpha value is -1.39. The molecule has 0 aliphatic rings. The van der Waals surface area contributed by atoms with Crippen molar-refractivity contribution in [3.05, 3.63) is 0 Å². The minimum atomic E-state index is -0.833. The van der Waals surface area contributed by atoms with E-state index in [1.54, 1.807) is 0 Å². The first-order valence-electron chi connectivity index (χ1n) is 3.07. The molecule has 0 saturated heterocycles. The second kappa shape index (κ2) is 11.4. The largest absolute Gasteiger partial charge is 0.352 e. The van der Waals surface area contributed by atoms with Crippen LogP contribution in [-0.4, -0.2) is 18.6 Å². The number of aldehydes is 2. The number of amides is 2. The quantitative estimate of drug-likeness (QED) is 0.431. The van der Waals surface area contributed by atoms with E-state index in [1.807, 2.05) is 0 Å². The third kappa shape index (κ3) is 55.2. The molecule has 0 bridgehead atoms. The van der Waals surface area contributed by atoms with Crippen molar-refractivity contribution in [2.45, 2.75) is 19.3 Å². The van der Waals surface area contributed by atoms with Crippen molar-refractivity contribution >= 4 is 18.6 Å². The highest BCUT2D eigenvalue weighted by molar-refractivity contribution is 5.69. The second-order valence-corrected chi connectivity index (χ2v) is 1.67. The summed E-state index contributed by atoms with van der Waals surface area (Å²) in [5, 5.41) is 0. The van der Waals surface area contributed by atoms with Gasteiger partial charge in [-0.15, -0.1) is 0 Å². The summed E-state index contributed by atoms with van der Waals surface area (Å²) < 4.78 is 0. The molecule has 0 rings (SSSR count). The van der Waals surface area contributed by atoms with Crippen molar-refractivity contribution in [2.24, 2.45) is 11.5 Å². The highest BCUT2D eigenvalue weighted by atomic mass is 16.2. The molecule has 5 heteroatoms. The van der Waals surface area contributed by atoms with E-state index in [0.717, 1.165) is 12.6 Å². The van der Waals surface area contributed by atoms with Crippen LogP contribution in [0.3, 0.4) is 0 Å². The van der Waals surface area contributed by atoms with Crippen LogP contribution in [0, 0.1) is 0 Å². The van der Waals surface area contributed by atoms with Crippen molar-refractivity contribution in [1.29, 1.82) is 0 Å². The summed E-state index contributed by atoms with van der Waals surface area (Å²) in [5.41, 5.74) is 8.50. The van der Waals surface area contributed by atoms with Crippen LogP contribution < -0.4 is 11.5 Å². The molecule has 0 fully saturated rings. The molecule has 2 amide bonds. The van der Waals surface area contributed by atoms with Gasteiger partial charge in [0.25, 0.3) is 0 Å². The van der Waals surface area contributed by atoms with Crippen LogP contribution in [-0.2, 0) is 9.59 Å². The summed E-state index contributed by atoms with van der Waals surface area (Å²) in [7, 11) is 0. The van der Waals surface area contributed by atoms with Gasteiger partial charge < -0.3 is 21.1 Å². The van der Waals surface area contributed by atoms with Crippen molar-refractivity contribution in [2.75, 3.05) is 0 Å². The van der Waals surface area contributed by atoms with Gasteiger partial charge in [-0.3, -0.25) is 0 Å². The summed E-state index contributed by atoms with van der Waals surface area (Å²) in [5.74, 6) is 0. The zero-order valence-electron chi connectivity index (χ0n) is 6.16. The zero-order chi connectivity index (χ0) is 9.11. The molecule has 0 aromatic heterocycles. The molecule has 4 N–H and O–H groups in total. The highest BCUT2D eigenvalue weighted by Gasteiger charge is 1.80. The van der Waals surface area contributed by atoms with Crippen molar-refractivity contribution in [3.63, 3.8) is 0 Å². The van der Waals surface area contributed by atoms with Crippen LogP contribution in [0.4, 0.5) is 4.79 Å². The molecule has 64 valence electrons. The first kappa shape index (κ1) is 12.3. The van der Waals surface area contributed by atoms with E-state index in [4.69, 9.17) is 4.79 Å². The van der Waals surface area contributed by atoms with E-state index in [-0.39, 0.29) is 0 Å². The lowest BCUT2D eigenvalue weighted by molar-refractivity contribution is -0.108. The third-order valence-electron chi connectivity index (χ3n) is 0.644. The Morgan fingerprint density at radius 1 is 1.09 bits per heavy atom. The molecule has 0 aliphatic heterocycles. The first-order chi connectivity index (χ1) is 5.15. The van der Waals surface area contributed by atoms with Gasteiger partial charge in [-0.25, -0.2) is 4.79 Å². The third-order valence-corrected chi connectivity index (χ3v) is 0.644. The Bertz CT molecular complexity index is 113. The van der Waals surface area contributed by atoms with Gasteiger partial charge in [0.15, 0.2) is 0 Å². The molecule has 0 radical (unpaired) electrons. The molecule has 0 spiro atoms. The zero-order valence-corrected chi connectivity index (χ0v) is 6.16. The Balaban J connectivity index is 0. The maximum atomic E-state index is 9.56. The number of unbranched alkanes of at least 4 members (excludes halogenated alkanes) is 2. The number of hydrogen-bond acceptors (Lipinski definition) is 3. The van der Waals surface area contributed by atoms with E-state index in [9.17, 15) is 9.59 Å². The lowest BCUT2D eigenvalue weighted by atomic mass is 10.3. The van der Waals surface area contributed by atoms with E-state index in [0.29, 0.717) is 19.3 Å². The summed E-state index contributed by atoms with van der Waals surface area (Å²) in [6.45, 7) is 0. The van der Waals surface area contributed by atoms with Crippen LogP contribution >= 0.6 is 0 Å². The van der Waals surface area contributed by atoms with E-state index in [2.05, 4.69) is 11.5 Å². The van der Waals surface area contributed by atoms with Gasteiger partial charge >= 0.3 is 6.03 Å². The fourth-order valence-electron chi connectivity index (χ4n) is 0.285. The standard InChI is InChI=1S/C5H8O2.CH4N2O/c6-4-2-1-3-5-7;2-1(3)4/h4-5H,1-3H2;(H4,2,3,4). The highest BCUT2D eigenvalue weighted by Crippen LogP contribution is 1.85. The monoisotopic (exact) mass is 160 g/mol. The van der Waals surface area contributed by atoms with Crippen molar-refractivity contribution in [1.82, 2.24) is 0 Å². The molecule has 0 aliphatic carbocycles. The Morgan fingerprint density at radius 2 is 1.36 bits per heavy atom. The van der Waals surface area contributed by atoms with Gasteiger partial charge in [-0.05, 0) is 6.42 Å². The minimum Gasteiger partial charge on any atom is -0.352 e. The predicted molar refractivity (Wildman–Crippen MR) is 39.7 cm³/mol. The van der Waals surface area contributed by atoms with Gasteiger partial charge in [-0.1, -0.05) is 0 Å².